The fraction of sp³-hybridized carbons (Fsp3) is 0.286. The van der Waals surface area contributed by atoms with Gasteiger partial charge in [-0.2, -0.15) is 13.2 Å². The Morgan fingerprint density at radius 2 is 1.79 bits per heavy atom. The van der Waals surface area contributed by atoms with Crippen LogP contribution in [0.25, 0.3) is 6.08 Å². The maximum atomic E-state index is 13.0. The molecule has 0 aliphatic rings. The Balaban J connectivity index is 2.13. The first-order valence-corrected chi connectivity index (χ1v) is 8.88. The molecule has 0 saturated heterocycles. The summed E-state index contributed by atoms with van der Waals surface area (Å²) in [5.74, 6) is 0.239. The van der Waals surface area contributed by atoms with Crippen molar-refractivity contribution in [3.05, 3.63) is 59.7 Å². The molecule has 0 heterocycles. The van der Waals surface area contributed by atoms with E-state index in [1.54, 1.807) is 30.3 Å². The molecule has 0 aliphatic heterocycles. The molecular weight excluding hydrogens is 387 g/mol. The molecule has 1 N–H and O–H groups in total. The zero-order valence-electron chi connectivity index (χ0n) is 16.1. The maximum absolute atomic E-state index is 13.0. The summed E-state index contributed by atoms with van der Waals surface area (Å²) >= 11 is 0. The molecule has 156 valence electrons. The predicted octanol–water partition coefficient (Wildman–Crippen LogP) is 4.78. The van der Waals surface area contributed by atoms with Gasteiger partial charge in [-0.15, -0.1) is 0 Å². The molecule has 0 atom stereocenters. The third kappa shape index (κ3) is 7.15. The van der Waals surface area contributed by atoms with Crippen LogP contribution in [-0.2, 0) is 15.7 Å². The smallest absolute Gasteiger partial charge is 0.416 e. The zero-order chi connectivity index (χ0) is 21.3. The Hall–Kier alpha value is -3.00. The fourth-order valence-electron chi connectivity index (χ4n) is 2.35. The molecule has 5 nitrogen and oxygen atoms in total. The van der Waals surface area contributed by atoms with Gasteiger partial charge in [-0.25, -0.2) is 0 Å². The number of rotatable bonds is 9. The second kappa shape index (κ2) is 10.5. The van der Waals surface area contributed by atoms with Crippen molar-refractivity contribution in [1.29, 1.82) is 0 Å². The average molecular weight is 409 g/mol. The first kappa shape index (κ1) is 22.3. The Morgan fingerprint density at radius 3 is 2.41 bits per heavy atom. The van der Waals surface area contributed by atoms with Gasteiger partial charge in [-0.05, 0) is 48.9 Å². The number of methoxy groups -OCH3 is 1. The van der Waals surface area contributed by atoms with Crippen LogP contribution in [0.2, 0.25) is 0 Å². The van der Waals surface area contributed by atoms with E-state index in [4.69, 9.17) is 14.2 Å². The van der Waals surface area contributed by atoms with Crippen LogP contribution in [0.5, 0.6) is 11.5 Å². The van der Waals surface area contributed by atoms with Crippen LogP contribution in [0.1, 0.15) is 18.1 Å². The number of hydrogen-bond donors (Lipinski definition) is 1. The van der Waals surface area contributed by atoms with Gasteiger partial charge in [0.1, 0.15) is 18.1 Å². The minimum Gasteiger partial charge on any atom is -0.494 e. The number of carbonyl (C=O) groups is 1. The Labute approximate surface area is 167 Å². The van der Waals surface area contributed by atoms with Gasteiger partial charge in [0.15, 0.2) is 0 Å². The number of amides is 1. The lowest BCUT2D eigenvalue weighted by molar-refractivity contribution is -0.137. The van der Waals surface area contributed by atoms with Crippen LogP contribution < -0.4 is 14.8 Å². The quantitative estimate of drug-likeness (QED) is 0.478. The molecule has 29 heavy (non-hydrogen) atoms. The summed E-state index contributed by atoms with van der Waals surface area (Å²) in [6, 6.07) is 9.95. The number of halogens is 3. The average Bonchev–Trinajstić information content (AvgIpc) is 2.68. The maximum Gasteiger partial charge on any atom is 0.416 e. The molecule has 0 unspecified atom stereocenters. The van der Waals surface area contributed by atoms with Crippen molar-refractivity contribution in [2.24, 2.45) is 0 Å². The number of nitrogens with one attached hydrogen (secondary N) is 1. The molecule has 1 amide bonds. The highest BCUT2D eigenvalue weighted by Gasteiger charge is 2.31. The topological polar surface area (TPSA) is 56.8 Å². The number of benzene rings is 2. The van der Waals surface area contributed by atoms with Crippen molar-refractivity contribution >= 4 is 17.7 Å². The SMILES string of the molecule is CCOc1ccc(/C=C/C(=O)Nc2cc(C(F)(F)F)ccc2OCCOC)cc1. The molecule has 8 heteroatoms. The van der Waals surface area contributed by atoms with Crippen LogP contribution in [0.3, 0.4) is 0 Å². The van der Waals surface area contributed by atoms with Crippen LogP contribution in [0.15, 0.2) is 48.5 Å². The second-order valence-electron chi connectivity index (χ2n) is 5.87. The van der Waals surface area contributed by atoms with Gasteiger partial charge >= 0.3 is 6.18 Å². The first-order chi connectivity index (χ1) is 13.8. The van der Waals surface area contributed by atoms with Crippen molar-refractivity contribution in [3.8, 4) is 11.5 Å². The van der Waals surface area contributed by atoms with Gasteiger partial charge in [0, 0.05) is 13.2 Å². The molecule has 0 aliphatic carbocycles. The van der Waals surface area contributed by atoms with Gasteiger partial charge in [-0.3, -0.25) is 4.79 Å². The van der Waals surface area contributed by atoms with E-state index in [1.165, 1.54) is 19.3 Å². The zero-order valence-corrected chi connectivity index (χ0v) is 16.1. The Bertz CT molecular complexity index is 833. The summed E-state index contributed by atoms with van der Waals surface area (Å²) in [7, 11) is 1.48. The number of anilines is 1. The highest BCUT2D eigenvalue weighted by atomic mass is 19.4. The largest absolute Gasteiger partial charge is 0.494 e. The van der Waals surface area contributed by atoms with Gasteiger partial charge in [-0.1, -0.05) is 12.1 Å². The van der Waals surface area contributed by atoms with Crippen molar-refractivity contribution < 1.29 is 32.2 Å². The summed E-state index contributed by atoms with van der Waals surface area (Å²) in [4.78, 5) is 12.2. The van der Waals surface area contributed by atoms with E-state index in [0.717, 1.165) is 17.7 Å². The van der Waals surface area contributed by atoms with Crippen molar-refractivity contribution in [2.45, 2.75) is 13.1 Å². The lowest BCUT2D eigenvalue weighted by Crippen LogP contribution is -2.13. The van der Waals surface area contributed by atoms with Gasteiger partial charge in [0.2, 0.25) is 5.91 Å². The van der Waals surface area contributed by atoms with Crippen molar-refractivity contribution in [2.75, 3.05) is 32.2 Å². The summed E-state index contributed by atoms with van der Waals surface area (Å²) in [6.07, 6.45) is -1.76. The molecular formula is C21H22F3NO4. The van der Waals surface area contributed by atoms with Crippen LogP contribution >= 0.6 is 0 Å². The van der Waals surface area contributed by atoms with E-state index in [0.29, 0.717) is 12.4 Å². The number of hydrogen-bond acceptors (Lipinski definition) is 4. The minimum atomic E-state index is -4.54. The molecule has 0 bridgehead atoms. The van der Waals surface area contributed by atoms with Crippen LogP contribution in [0.4, 0.5) is 18.9 Å². The van der Waals surface area contributed by atoms with E-state index in [9.17, 15) is 18.0 Å². The minimum absolute atomic E-state index is 0.0720. The Kier molecular flexibility index (Phi) is 8.09. The molecule has 0 radical (unpaired) electrons. The number of alkyl halides is 3. The highest BCUT2D eigenvalue weighted by molar-refractivity contribution is 6.02. The molecule has 2 aromatic carbocycles. The monoisotopic (exact) mass is 409 g/mol. The number of ether oxygens (including phenoxy) is 3. The lowest BCUT2D eigenvalue weighted by atomic mass is 10.1. The number of carbonyl (C=O) groups excluding carboxylic acids is 1. The van der Waals surface area contributed by atoms with Crippen LogP contribution in [-0.4, -0.2) is 32.8 Å². The Morgan fingerprint density at radius 1 is 1.07 bits per heavy atom. The third-order valence-corrected chi connectivity index (χ3v) is 3.73. The van der Waals surface area contributed by atoms with Crippen LogP contribution in [0, 0.1) is 0 Å². The molecule has 0 saturated carbocycles. The molecule has 0 aromatic heterocycles. The summed E-state index contributed by atoms with van der Waals surface area (Å²) < 4.78 is 54.6. The molecule has 2 rings (SSSR count). The highest BCUT2D eigenvalue weighted by Crippen LogP contribution is 2.35. The molecule has 0 fully saturated rings. The second-order valence-corrected chi connectivity index (χ2v) is 5.87. The van der Waals surface area contributed by atoms with Gasteiger partial charge in [0.05, 0.1) is 24.5 Å². The predicted molar refractivity (Wildman–Crippen MR) is 104 cm³/mol. The third-order valence-electron chi connectivity index (χ3n) is 3.73. The standard InChI is InChI=1S/C21H22F3NO4/c1-3-28-17-8-4-15(5-9-17)6-11-20(26)25-18-14-16(21(22,23)24)7-10-19(18)29-13-12-27-2/h4-11,14H,3,12-13H2,1-2H3,(H,25,26)/b11-6+. The fourth-order valence-corrected chi connectivity index (χ4v) is 2.35. The summed E-state index contributed by atoms with van der Waals surface area (Å²) in [5.41, 5.74) is -0.219. The lowest BCUT2D eigenvalue weighted by Gasteiger charge is -2.14. The van der Waals surface area contributed by atoms with E-state index in [-0.39, 0.29) is 24.7 Å². The summed E-state index contributed by atoms with van der Waals surface area (Å²) in [5, 5.41) is 2.44. The van der Waals surface area contributed by atoms with Gasteiger partial charge < -0.3 is 19.5 Å². The van der Waals surface area contributed by atoms with E-state index < -0.39 is 17.6 Å². The van der Waals surface area contributed by atoms with E-state index >= 15 is 0 Å². The molecule has 0 spiro atoms. The summed E-state index contributed by atoms with van der Waals surface area (Å²) in [6.45, 7) is 2.81. The molecule has 2 aromatic rings. The van der Waals surface area contributed by atoms with Gasteiger partial charge in [0.25, 0.3) is 0 Å². The van der Waals surface area contributed by atoms with E-state index in [1.807, 2.05) is 6.92 Å². The van der Waals surface area contributed by atoms with Crippen molar-refractivity contribution in [1.82, 2.24) is 0 Å². The van der Waals surface area contributed by atoms with E-state index in [2.05, 4.69) is 5.32 Å². The first-order valence-electron chi connectivity index (χ1n) is 8.88. The normalized spacial score (nSPS) is 11.5. The van der Waals surface area contributed by atoms with Crippen molar-refractivity contribution in [3.63, 3.8) is 0 Å².